The van der Waals surface area contributed by atoms with Gasteiger partial charge in [0.1, 0.15) is 0 Å². The lowest BCUT2D eigenvalue weighted by molar-refractivity contribution is -0.170. The molecule has 0 spiro atoms. The molecular weight excluding hydrogens is 215 g/mol. The van der Waals surface area contributed by atoms with E-state index in [9.17, 15) is 14.4 Å². The minimum absolute atomic E-state index is 0. The maximum Gasteiger partial charge on any atom is 0.336 e. The molecule has 8 heteroatoms. The highest BCUT2D eigenvalue weighted by atomic mass is 31.0. The first-order valence-electron chi connectivity index (χ1n) is 3.17. The van der Waals surface area contributed by atoms with Gasteiger partial charge in [-0.25, -0.2) is 4.79 Å². The van der Waals surface area contributed by atoms with Gasteiger partial charge in [-0.3, -0.25) is 9.59 Å². The van der Waals surface area contributed by atoms with Gasteiger partial charge in [0.15, 0.2) is 5.60 Å². The van der Waals surface area contributed by atoms with Crippen molar-refractivity contribution in [2.75, 3.05) is 0 Å². The summed E-state index contributed by atoms with van der Waals surface area (Å²) in [5.74, 6) is -5.02. The lowest BCUT2D eigenvalue weighted by atomic mass is 9.96. The van der Waals surface area contributed by atoms with E-state index in [4.69, 9.17) is 20.4 Å². The monoisotopic (exact) mass is 226 g/mol. The molecule has 4 N–H and O–H groups in total. The largest absolute Gasteiger partial charge is 0.481 e. The topological polar surface area (TPSA) is 132 Å². The summed E-state index contributed by atoms with van der Waals surface area (Å²) in [6.45, 7) is 0. The summed E-state index contributed by atoms with van der Waals surface area (Å²) in [4.78, 5) is 30.5. The summed E-state index contributed by atoms with van der Waals surface area (Å²) in [5.41, 5.74) is -2.74. The normalized spacial score (nSPS) is 10.1. The Balaban J connectivity index is 0. The zero-order valence-electron chi connectivity index (χ0n) is 7.13. The van der Waals surface area contributed by atoms with Crippen LogP contribution in [0.3, 0.4) is 0 Å². The Hall–Kier alpha value is -1.20. The molecule has 7 nitrogen and oxygen atoms in total. The molecule has 1 unspecified atom stereocenters. The Morgan fingerprint density at radius 2 is 1.21 bits per heavy atom. The fourth-order valence-electron chi connectivity index (χ4n) is 0.714. The molecule has 0 aliphatic carbocycles. The van der Waals surface area contributed by atoms with Gasteiger partial charge in [0.05, 0.1) is 12.8 Å². The molecular formula is C6H11O7P. The van der Waals surface area contributed by atoms with E-state index in [1.165, 1.54) is 0 Å². The van der Waals surface area contributed by atoms with E-state index in [1.54, 1.807) is 0 Å². The van der Waals surface area contributed by atoms with E-state index in [1.807, 2.05) is 0 Å². The van der Waals surface area contributed by atoms with Gasteiger partial charge in [-0.05, 0) is 0 Å². The number of aliphatic hydroxyl groups is 1. The molecule has 14 heavy (non-hydrogen) atoms. The summed E-state index contributed by atoms with van der Waals surface area (Å²) >= 11 is 0. The standard InChI is InChI=1S/C6H8O7.H3P/c7-3(8)1-6(13,5(11)12)2-4(9)10;/h13H,1-2H2,(H,7,8)(H,9,10)(H,11,12);1H3. The van der Waals surface area contributed by atoms with Crippen LogP contribution < -0.4 is 0 Å². The number of hydrogen-bond donors (Lipinski definition) is 4. The smallest absolute Gasteiger partial charge is 0.336 e. The van der Waals surface area contributed by atoms with E-state index in [0.717, 1.165) is 0 Å². The summed E-state index contributed by atoms with van der Waals surface area (Å²) in [6.07, 6.45) is -2.29. The molecule has 0 aliphatic heterocycles. The van der Waals surface area contributed by atoms with Gasteiger partial charge in [-0.15, -0.1) is 0 Å². The molecule has 0 radical (unpaired) electrons. The van der Waals surface area contributed by atoms with Crippen LogP contribution in [0, 0.1) is 0 Å². The van der Waals surface area contributed by atoms with Gasteiger partial charge in [-0.1, -0.05) is 0 Å². The van der Waals surface area contributed by atoms with Crippen molar-refractivity contribution < 1.29 is 34.8 Å². The number of carbonyl (C=O) groups is 3. The van der Waals surface area contributed by atoms with Crippen LogP contribution in [-0.2, 0) is 14.4 Å². The van der Waals surface area contributed by atoms with E-state index < -0.39 is 36.4 Å². The fraction of sp³-hybridized carbons (Fsp3) is 0.500. The molecule has 0 aromatic heterocycles. The summed E-state index contributed by atoms with van der Waals surface area (Å²) in [6, 6.07) is 0. The number of carboxylic acid groups (broad SMARTS) is 3. The van der Waals surface area contributed by atoms with Crippen LogP contribution in [0.15, 0.2) is 0 Å². The van der Waals surface area contributed by atoms with Crippen molar-refractivity contribution in [3.05, 3.63) is 0 Å². The predicted octanol–water partition coefficient (Wildman–Crippen LogP) is -1.19. The van der Waals surface area contributed by atoms with Gasteiger partial charge < -0.3 is 20.4 Å². The van der Waals surface area contributed by atoms with Crippen LogP contribution in [0.5, 0.6) is 0 Å². The van der Waals surface area contributed by atoms with Crippen molar-refractivity contribution in [3.8, 4) is 0 Å². The third-order valence-corrected chi connectivity index (χ3v) is 1.29. The van der Waals surface area contributed by atoms with Crippen LogP contribution in [-0.4, -0.2) is 43.9 Å². The minimum Gasteiger partial charge on any atom is -0.481 e. The van der Waals surface area contributed by atoms with E-state index in [0.29, 0.717) is 0 Å². The SMILES string of the molecule is O=C(O)CC(O)(CC(=O)O)C(=O)O.P. The van der Waals surface area contributed by atoms with Crippen molar-refractivity contribution in [1.82, 2.24) is 0 Å². The Morgan fingerprint density at radius 1 is 0.929 bits per heavy atom. The predicted molar refractivity (Wildman–Crippen MR) is 48.2 cm³/mol. The van der Waals surface area contributed by atoms with Crippen molar-refractivity contribution in [1.29, 1.82) is 0 Å². The van der Waals surface area contributed by atoms with Crippen molar-refractivity contribution in [3.63, 3.8) is 0 Å². The van der Waals surface area contributed by atoms with Crippen LogP contribution in [0.25, 0.3) is 0 Å². The first kappa shape index (κ1) is 15.3. The quantitative estimate of drug-likeness (QED) is 0.433. The Bertz CT molecular complexity index is 233. The molecule has 0 rings (SSSR count). The highest BCUT2D eigenvalue weighted by Gasteiger charge is 2.40. The van der Waals surface area contributed by atoms with Gasteiger partial charge >= 0.3 is 17.9 Å². The molecule has 82 valence electrons. The molecule has 0 saturated carbocycles. The zero-order chi connectivity index (χ0) is 10.6. The first-order valence-corrected chi connectivity index (χ1v) is 3.17. The minimum atomic E-state index is -2.74. The highest BCUT2D eigenvalue weighted by Crippen LogP contribution is 2.15. The second-order valence-electron chi connectivity index (χ2n) is 2.48. The molecule has 0 saturated heterocycles. The Kier molecular flexibility index (Phi) is 6.02. The second kappa shape index (κ2) is 5.51. The molecule has 0 aliphatic rings. The van der Waals surface area contributed by atoms with Crippen LogP contribution >= 0.6 is 9.90 Å². The number of hydrogen-bond acceptors (Lipinski definition) is 4. The fourth-order valence-corrected chi connectivity index (χ4v) is 0.714. The average molecular weight is 226 g/mol. The van der Waals surface area contributed by atoms with Crippen LogP contribution in [0.1, 0.15) is 12.8 Å². The van der Waals surface area contributed by atoms with Crippen LogP contribution in [0.4, 0.5) is 0 Å². The zero-order valence-corrected chi connectivity index (χ0v) is 8.55. The van der Waals surface area contributed by atoms with Gasteiger partial charge in [0, 0.05) is 0 Å². The third-order valence-electron chi connectivity index (χ3n) is 1.29. The lowest BCUT2D eigenvalue weighted by Crippen LogP contribution is -2.42. The summed E-state index contributed by atoms with van der Waals surface area (Å²) in [7, 11) is 0. The third kappa shape index (κ3) is 4.74. The molecule has 0 aromatic rings. The van der Waals surface area contributed by atoms with Crippen molar-refractivity contribution in [2.24, 2.45) is 0 Å². The van der Waals surface area contributed by atoms with Gasteiger partial charge in [0.25, 0.3) is 0 Å². The molecule has 0 bridgehead atoms. The maximum absolute atomic E-state index is 10.3. The highest BCUT2D eigenvalue weighted by molar-refractivity contribution is 6.92. The van der Waals surface area contributed by atoms with Gasteiger partial charge in [0.2, 0.25) is 0 Å². The molecule has 0 aromatic carbocycles. The molecule has 0 heterocycles. The number of carboxylic acids is 3. The molecule has 1 atom stereocenters. The van der Waals surface area contributed by atoms with E-state index >= 15 is 0 Å². The Labute approximate surface area is 82.0 Å². The first-order chi connectivity index (χ1) is 5.78. The Morgan fingerprint density at radius 3 is 1.36 bits per heavy atom. The van der Waals surface area contributed by atoms with Gasteiger partial charge in [-0.2, -0.15) is 9.90 Å². The van der Waals surface area contributed by atoms with Crippen LogP contribution in [0.2, 0.25) is 0 Å². The maximum atomic E-state index is 10.3. The lowest BCUT2D eigenvalue weighted by Gasteiger charge is -2.18. The van der Waals surface area contributed by atoms with Crippen molar-refractivity contribution >= 4 is 27.8 Å². The molecule has 0 fully saturated rings. The second-order valence-corrected chi connectivity index (χ2v) is 2.48. The van der Waals surface area contributed by atoms with Crippen molar-refractivity contribution in [2.45, 2.75) is 18.4 Å². The van der Waals surface area contributed by atoms with E-state index in [-0.39, 0.29) is 9.90 Å². The summed E-state index contributed by atoms with van der Waals surface area (Å²) in [5, 5.41) is 33.8. The average Bonchev–Trinajstić information content (AvgIpc) is 1.82. The summed E-state index contributed by atoms with van der Waals surface area (Å²) < 4.78 is 0. The number of aliphatic carboxylic acids is 3. The molecule has 0 amide bonds. The van der Waals surface area contributed by atoms with E-state index in [2.05, 4.69) is 0 Å². The number of rotatable bonds is 5.